The highest BCUT2D eigenvalue weighted by molar-refractivity contribution is 6.31. The van der Waals surface area contributed by atoms with E-state index in [1.54, 1.807) is 6.08 Å². The van der Waals surface area contributed by atoms with Crippen LogP contribution in [-0.4, -0.2) is 36.9 Å². The lowest BCUT2D eigenvalue weighted by Crippen LogP contribution is -2.30. The Labute approximate surface area is 156 Å². The first-order chi connectivity index (χ1) is 12.0. The Balaban J connectivity index is 1.70. The molecule has 138 valence electrons. The second kappa shape index (κ2) is 10.5. The molecule has 5 heteroatoms. The van der Waals surface area contributed by atoms with E-state index in [1.165, 1.54) is 38.9 Å². The van der Waals surface area contributed by atoms with E-state index in [0.717, 1.165) is 34.8 Å². The molecule has 0 bridgehead atoms. The molecule has 1 aliphatic rings. The van der Waals surface area contributed by atoms with Crippen LogP contribution in [0.3, 0.4) is 0 Å². The summed E-state index contributed by atoms with van der Waals surface area (Å²) in [5.41, 5.74) is 8.59. The molecule has 2 N–H and O–H groups in total. The monoisotopic (exact) mass is 363 g/mol. The van der Waals surface area contributed by atoms with Crippen LogP contribution in [-0.2, 0) is 4.74 Å². The summed E-state index contributed by atoms with van der Waals surface area (Å²) in [7, 11) is 0. The van der Waals surface area contributed by atoms with Gasteiger partial charge in [-0.1, -0.05) is 24.1 Å². The minimum Gasteiger partial charge on any atom is -0.479 e. The summed E-state index contributed by atoms with van der Waals surface area (Å²) in [6.45, 7) is 8.20. The van der Waals surface area contributed by atoms with Crippen molar-refractivity contribution in [2.24, 2.45) is 10.7 Å². The third-order valence-electron chi connectivity index (χ3n) is 4.40. The van der Waals surface area contributed by atoms with Gasteiger partial charge in [0.05, 0.1) is 12.3 Å². The predicted molar refractivity (Wildman–Crippen MR) is 107 cm³/mol. The third-order valence-corrected chi connectivity index (χ3v) is 4.81. The number of rotatable bonds is 8. The molecule has 25 heavy (non-hydrogen) atoms. The van der Waals surface area contributed by atoms with Crippen molar-refractivity contribution < 1.29 is 4.74 Å². The zero-order valence-electron chi connectivity index (χ0n) is 15.4. The van der Waals surface area contributed by atoms with E-state index in [0.29, 0.717) is 12.5 Å². The molecule has 0 aliphatic carbocycles. The molecule has 1 aromatic rings. The fourth-order valence-corrected chi connectivity index (χ4v) is 3.12. The van der Waals surface area contributed by atoms with Gasteiger partial charge in [0.2, 0.25) is 0 Å². The average Bonchev–Trinajstić information content (AvgIpc) is 2.58. The Morgan fingerprint density at radius 3 is 2.76 bits per heavy atom. The number of ether oxygens (including phenoxy) is 1. The van der Waals surface area contributed by atoms with E-state index >= 15 is 0 Å². The van der Waals surface area contributed by atoms with Gasteiger partial charge in [0, 0.05) is 16.8 Å². The number of halogens is 1. The van der Waals surface area contributed by atoms with Gasteiger partial charge < -0.3 is 15.4 Å². The van der Waals surface area contributed by atoms with Crippen LogP contribution in [0.4, 0.5) is 5.69 Å². The largest absolute Gasteiger partial charge is 0.479 e. The summed E-state index contributed by atoms with van der Waals surface area (Å²) in [5, 5.41) is 0.718. The number of benzene rings is 1. The maximum absolute atomic E-state index is 6.12. The molecule has 0 atom stereocenters. The van der Waals surface area contributed by atoms with Crippen molar-refractivity contribution in [3.63, 3.8) is 0 Å². The quantitative estimate of drug-likeness (QED) is 0.409. The van der Waals surface area contributed by atoms with Gasteiger partial charge in [0.15, 0.2) is 5.88 Å². The molecular weight excluding hydrogens is 334 g/mol. The fourth-order valence-electron chi connectivity index (χ4n) is 2.95. The van der Waals surface area contributed by atoms with Crippen molar-refractivity contribution in [3.8, 4) is 0 Å². The fraction of sp³-hybridized carbons (Fsp3) is 0.550. The summed E-state index contributed by atoms with van der Waals surface area (Å²) in [6.07, 6.45) is 8.01. The second-order valence-corrected chi connectivity index (χ2v) is 7.10. The number of unbranched alkanes of at least 4 members (excludes halogenated alkanes) is 1. The molecule has 0 radical (unpaired) electrons. The van der Waals surface area contributed by atoms with Crippen LogP contribution in [0.15, 0.2) is 35.2 Å². The Morgan fingerprint density at radius 2 is 2.04 bits per heavy atom. The number of hydrogen-bond acceptors (Lipinski definition) is 4. The van der Waals surface area contributed by atoms with Crippen LogP contribution in [0.1, 0.15) is 44.6 Å². The van der Waals surface area contributed by atoms with Crippen LogP contribution in [0.5, 0.6) is 0 Å². The van der Waals surface area contributed by atoms with Gasteiger partial charge in [0.25, 0.3) is 0 Å². The number of allylic oxidation sites excluding steroid dienone is 1. The first kappa shape index (κ1) is 19.8. The van der Waals surface area contributed by atoms with Crippen molar-refractivity contribution in [1.29, 1.82) is 0 Å². The summed E-state index contributed by atoms with van der Waals surface area (Å²) in [5.74, 6) is 0.414. The van der Waals surface area contributed by atoms with Crippen LogP contribution in [0.2, 0.25) is 5.02 Å². The molecule has 1 aromatic carbocycles. The highest BCUT2D eigenvalue weighted by Crippen LogP contribution is 2.22. The van der Waals surface area contributed by atoms with Crippen LogP contribution < -0.4 is 5.73 Å². The van der Waals surface area contributed by atoms with E-state index in [2.05, 4.69) is 9.89 Å². The number of aliphatic imine (C=N–C) groups is 1. The highest BCUT2D eigenvalue weighted by Gasteiger charge is 2.08. The molecule has 1 fully saturated rings. The zero-order chi connectivity index (χ0) is 18.1. The first-order valence-electron chi connectivity index (χ1n) is 9.18. The van der Waals surface area contributed by atoms with Gasteiger partial charge in [-0.15, -0.1) is 0 Å². The van der Waals surface area contributed by atoms with Gasteiger partial charge in [-0.3, -0.25) is 4.99 Å². The summed E-state index contributed by atoms with van der Waals surface area (Å²) in [6, 6.07) is 5.75. The van der Waals surface area contributed by atoms with Crippen LogP contribution in [0.25, 0.3) is 0 Å². The summed E-state index contributed by atoms with van der Waals surface area (Å²) in [4.78, 5) is 7.04. The smallest absolute Gasteiger partial charge is 0.185 e. The normalized spacial score (nSPS) is 16.9. The molecule has 0 amide bonds. The summed E-state index contributed by atoms with van der Waals surface area (Å²) < 4.78 is 5.60. The number of nitrogens with zero attached hydrogens (tertiary/aromatic N) is 2. The Hall–Kier alpha value is -1.52. The minimum absolute atomic E-state index is 0.414. The van der Waals surface area contributed by atoms with Crippen molar-refractivity contribution >= 4 is 23.0 Å². The zero-order valence-corrected chi connectivity index (χ0v) is 16.2. The topological polar surface area (TPSA) is 50.9 Å². The van der Waals surface area contributed by atoms with Crippen LogP contribution in [0, 0.1) is 6.92 Å². The van der Waals surface area contributed by atoms with E-state index < -0.39 is 0 Å². The second-order valence-electron chi connectivity index (χ2n) is 6.69. The van der Waals surface area contributed by atoms with E-state index in [4.69, 9.17) is 22.1 Å². The molecule has 1 heterocycles. The maximum atomic E-state index is 6.12. The van der Waals surface area contributed by atoms with Crippen molar-refractivity contribution in [2.75, 3.05) is 26.2 Å². The lowest BCUT2D eigenvalue weighted by atomic mass is 10.1. The van der Waals surface area contributed by atoms with Gasteiger partial charge >= 0.3 is 0 Å². The standard InChI is InChI=1S/C20H30ClN3O/c1-16-8-9-18(15-19(16)21)23-17(2)14-20(22)25-13-7-6-12-24-10-4-3-5-11-24/h8-9,14-15H,3-7,10-13,22H2,1-2H3. The lowest BCUT2D eigenvalue weighted by molar-refractivity contribution is 0.185. The summed E-state index contributed by atoms with van der Waals surface area (Å²) >= 11 is 6.12. The number of aryl methyl sites for hydroxylation is 1. The molecule has 4 nitrogen and oxygen atoms in total. The number of hydrogen-bond donors (Lipinski definition) is 1. The SMILES string of the molecule is CC(C=C(N)OCCCCN1CCCCC1)=Nc1ccc(C)c(Cl)c1. The van der Waals surface area contributed by atoms with Crippen molar-refractivity contribution in [2.45, 2.75) is 46.0 Å². The van der Waals surface area contributed by atoms with Crippen LogP contribution >= 0.6 is 11.6 Å². The van der Waals surface area contributed by atoms with Crippen molar-refractivity contribution in [1.82, 2.24) is 4.90 Å². The molecular formula is C20H30ClN3O. The van der Waals surface area contributed by atoms with Gasteiger partial charge in [-0.05, 0) is 76.9 Å². The van der Waals surface area contributed by atoms with E-state index in [-0.39, 0.29) is 0 Å². The number of nitrogens with two attached hydrogens (primary N) is 1. The third kappa shape index (κ3) is 7.49. The lowest BCUT2D eigenvalue weighted by Gasteiger charge is -2.26. The first-order valence-corrected chi connectivity index (χ1v) is 9.56. The van der Waals surface area contributed by atoms with E-state index in [1.807, 2.05) is 32.0 Å². The van der Waals surface area contributed by atoms with Gasteiger partial charge in [0.1, 0.15) is 0 Å². The van der Waals surface area contributed by atoms with Gasteiger partial charge in [-0.25, -0.2) is 0 Å². The number of piperidine rings is 1. The average molecular weight is 364 g/mol. The van der Waals surface area contributed by atoms with Crippen molar-refractivity contribution in [3.05, 3.63) is 40.7 Å². The Bertz CT molecular complexity index is 607. The maximum Gasteiger partial charge on any atom is 0.185 e. The molecule has 1 saturated heterocycles. The molecule has 0 unspecified atom stereocenters. The molecule has 0 aromatic heterocycles. The van der Waals surface area contributed by atoms with Gasteiger partial charge in [-0.2, -0.15) is 0 Å². The molecule has 0 saturated carbocycles. The Morgan fingerprint density at radius 1 is 1.28 bits per heavy atom. The molecule has 1 aliphatic heterocycles. The Kier molecular flexibility index (Phi) is 8.29. The number of likely N-dealkylation sites (tertiary alicyclic amines) is 1. The molecule has 2 rings (SSSR count). The minimum atomic E-state index is 0.414. The van der Waals surface area contributed by atoms with E-state index in [9.17, 15) is 0 Å². The molecule has 0 spiro atoms. The highest BCUT2D eigenvalue weighted by atomic mass is 35.5. The predicted octanol–water partition coefficient (Wildman–Crippen LogP) is 4.82.